The second-order valence-electron chi connectivity index (χ2n) is 2.36. The molecule has 0 atom stereocenters. The molecule has 0 fully saturated rings. The van der Waals surface area contributed by atoms with E-state index in [0.717, 1.165) is 5.82 Å². The van der Waals surface area contributed by atoms with Gasteiger partial charge in [-0.25, -0.2) is 0 Å². The van der Waals surface area contributed by atoms with E-state index < -0.39 is 0 Å². The number of nitrogens with zero attached hydrogens (tertiary/aromatic N) is 4. The zero-order chi connectivity index (χ0) is 8.55. The zero-order valence-electron chi connectivity index (χ0n) is 6.82. The standard InChI is InChI=1S/C7H8IN4/c1-5-10-7-9-3-6(8-2)4-12(7)11-5/h3-4H,1-2H3/q-1. The maximum absolute atomic E-state index is 4.19. The predicted molar refractivity (Wildman–Crippen MR) is 40.1 cm³/mol. The Morgan fingerprint density at radius 2 is 2.33 bits per heavy atom. The molecule has 0 aliphatic heterocycles. The van der Waals surface area contributed by atoms with Crippen molar-refractivity contribution in [1.82, 2.24) is 19.6 Å². The number of rotatable bonds is 1. The quantitative estimate of drug-likeness (QED) is 0.421. The van der Waals surface area contributed by atoms with E-state index in [-0.39, 0.29) is 21.2 Å². The summed E-state index contributed by atoms with van der Waals surface area (Å²) in [6.07, 6.45) is 3.90. The fourth-order valence-corrected chi connectivity index (χ4v) is 1.92. The van der Waals surface area contributed by atoms with Crippen LogP contribution in [-0.2, 0) is 0 Å². The van der Waals surface area contributed by atoms with Crippen molar-refractivity contribution in [2.75, 3.05) is 4.93 Å². The summed E-state index contributed by atoms with van der Waals surface area (Å²) in [4.78, 5) is 10.5. The van der Waals surface area contributed by atoms with Gasteiger partial charge in [0.1, 0.15) is 0 Å². The van der Waals surface area contributed by atoms with E-state index in [0.29, 0.717) is 5.78 Å². The monoisotopic (exact) mass is 275 g/mol. The summed E-state index contributed by atoms with van der Waals surface area (Å²) in [6, 6.07) is 0. The first-order chi connectivity index (χ1) is 5.79. The van der Waals surface area contributed by atoms with Crippen LogP contribution in [0.3, 0.4) is 0 Å². The average Bonchev–Trinajstić information content (AvgIpc) is 2.43. The van der Waals surface area contributed by atoms with Crippen molar-refractivity contribution in [2.24, 2.45) is 0 Å². The molecule has 0 saturated heterocycles. The minimum absolute atomic E-state index is 0.0927. The summed E-state index contributed by atoms with van der Waals surface area (Å²) >= 11 is 0.0927. The van der Waals surface area contributed by atoms with Gasteiger partial charge in [-0.05, 0) is 0 Å². The predicted octanol–water partition coefficient (Wildman–Crippen LogP) is -2.68. The van der Waals surface area contributed by atoms with Crippen LogP contribution in [0.15, 0.2) is 12.4 Å². The second-order valence-corrected chi connectivity index (χ2v) is 4.69. The molecule has 64 valence electrons. The second kappa shape index (κ2) is 2.96. The molecule has 0 aliphatic rings. The van der Waals surface area contributed by atoms with E-state index in [9.17, 15) is 0 Å². The molecule has 12 heavy (non-hydrogen) atoms. The van der Waals surface area contributed by atoms with E-state index in [1.807, 2.05) is 19.3 Å². The molecule has 0 radical (unpaired) electrons. The molecule has 4 nitrogen and oxygen atoms in total. The number of hydrogen-bond donors (Lipinski definition) is 0. The summed E-state index contributed by atoms with van der Waals surface area (Å²) in [5.41, 5.74) is 0. The van der Waals surface area contributed by atoms with Crippen LogP contribution < -0.4 is 21.2 Å². The first kappa shape index (κ1) is 7.90. The number of aryl methyl sites for hydroxylation is 1. The fraction of sp³-hybridized carbons (Fsp3) is 0.286. The molecule has 0 amide bonds. The Morgan fingerprint density at radius 3 is 3.08 bits per heavy atom. The molecule has 0 bridgehead atoms. The Hall–Kier alpha value is -0.720. The molecular weight excluding hydrogens is 267 g/mol. The molecule has 0 spiro atoms. The van der Waals surface area contributed by atoms with E-state index in [4.69, 9.17) is 0 Å². The van der Waals surface area contributed by atoms with Crippen molar-refractivity contribution in [1.29, 1.82) is 0 Å². The first-order valence-corrected chi connectivity index (χ1v) is 6.71. The van der Waals surface area contributed by atoms with Crippen LogP contribution >= 0.6 is 0 Å². The van der Waals surface area contributed by atoms with Crippen LogP contribution in [0, 0.1) is 10.5 Å². The summed E-state index contributed by atoms with van der Waals surface area (Å²) in [7, 11) is 0. The Bertz CT molecular complexity index is 409. The van der Waals surface area contributed by atoms with Gasteiger partial charge in [0.2, 0.25) is 0 Å². The third-order valence-corrected chi connectivity index (χ3v) is 3.29. The van der Waals surface area contributed by atoms with Crippen molar-refractivity contribution < 1.29 is 21.2 Å². The van der Waals surface area contributed by atoms with Gasteiger partial charge in [-0.15, -0.1) is 0 Å². The third-order valence-electron chi connectivity index (χ3n) is 1.49. The van der Waals surface area contributed by atoms with Gasteiger partial charge in [0.05, 0.1) is 0 Å². The van der Waals surface area contributed by atoms with Gasteiger partial charge >= 0.3 is 80.2 Å². The summed E-state index contributed by atoms with van der Waals surface area (Å²) in [5, 5.41) is 4.18. The molecule has 0 aliphatic carbocycles. The number of fused-ring (bicyclic) bond motifs is 1. The van der Waals surface area contributed by atoms with E-state index in [1.54, 1.807) is 4.52 Å². The topological polar surface area (TPSA) is 43.1 Å². The number of halogens is 1. The van der Waals surface area contributed by atoms with Crippen molar-refractivity contribution in [3.8, 4) is 0 Å². The van der Waals surface area contributed by atoms with E-state index in [2.05, 4.69) is 20.0 Å². The normalized spacial score (nSPS) is 11.2. The Balaban J connectivity index is 2.66. The number of alkyl halides is 1. The molecule has 2 aromatic rings. The third kappa shape index (κ3) is 1.28. The van der Waals surface area contributed by atoms with Gasteiger partial charge in [0.15, 0.2) is 0 Å². The number of aromatic nitrogens is 4. The molecule has 0 unspecified atom stereocenters. The van der Waals surface area contributed by atoms with Gasteiger partial charge < -0.3 is 0 Å². The van der Waals surface area contributed by atoms with E-state index in [1.165, 1.54) is 3.57 Å². The van der Waals surface area contributed by atoms with Crippen LogP contribution in [0.5, 0.6) is 0 Å². The molecule has 0 N–H and O–H groups in total. The Morgan fingerprint density at radius 1 is 1.50 bits per heavy atom. The molecule has 0 saturated carbocycles. The zero-order valence-corrected chi connectivity index (χ0v) is 8.98. The Labute approximate surface area is 80.3 Å². The summed E-state index contributed by atoms with van der Waals surface area (Å²) in [6.45, 7) is 1.87. The van der Waals surface area contributed by atoms with Gasteiger partial charge in [0.25, 0.3) is 0 Å². The first-order valence-electron chi connectivity index (χ1n) is 3.48. The average molecular weight is 275 g/mol. The van der Waals surface area contributed by atoms with Crippen LogP contribution in [0.2, 0.25) is 0 Å². The molecule has 5 heteroatoms. The molecule has 2 heterocycles. The minimum atomic E-state index is 0.0927. The molecule has 0 aromatic carbocycles. The summed E-state index contributed by atoms with van der Waals surface area (Å²) < 4.78 is 3.03. The number of hydrogen-bond acceptors (Lipinski definition) is 3. The molecule has 2 aromatic heterocycles. The van der Waals surface area contributed by atoms with Crippen molar-refractivity contribution >= 4 is 5.78 Å². The van der Waals surface area contributed by atoms with Crippen LogP contribution in [0.4, 0.5) is 0 Å². The van der Waals surface area contributed by atoms with Crippen molar-refractivity contribution in [3.63, 3.8) is 0 Å². The summed E-state index contributed by atoms with van der Waals surface area (Å²) in [5.74, 6) is 1.46. The van der Waals surface area contributed by atoms with Crippen LogP contribution in [0.25, 0.3) is 5.78 Å². The van der Waals surface area contributed by atoms with Crippen molar-refractivity contribution in [2.45, 2.75) is 6.92 Å². The van der Waals surface area contributed by atoms with Crippen molar-refractivity contribution in [3.05, 3.63) is 21.8 Å². The van der Waals surface area contributed by atoms with Gasteiger partial charge in [0, 0.05) is 0 Å². The Kier molecular flexibility index (Phi) is 1.95. The van der Waals surface area contributed by atoms with Gasteiger partial charge in [-0.3, -0.25) is 0 Å². The fourth-order valence-electron chi connectivity index (χ4n) is 0.961. The van der Waals surface area contributed by atoms with E-state index >= 15 is 0 Å². The maximum atomic E-state index is 4.19. The molecular formula is C7H8IN4-. The molecule has 2 rings (SSSR count). The van der Waals surface area contributed by atoms with Gasteiger partial charge in [-0.1, -0.05) is 0 Å². The van der Waals surface area contributed by atoms with Gasteiger partial charge in [-0.2, -0.15) is 0 Å². The van der Waals surface area contributed by atoms with Crippen LogP contribution in [-0.4, -0.2) is 24.5 Å². The van der Waals surface area contributed by atoms with Crippen LogP contribution in [0.1, 0.15) is 5.82 Å². The SMILES string of the molecule is C[I-]c1cnc2nc(C)nn2c1.